The first kappa shape index (κ1) is 21.8. The quantitative estimate of drug-likeness (QED) is 0.540. The zero-order chi connectivity index (χ0) is 22.8. The average Bonchev–Trinajstić information content (AvgIpc) is 3.36. The number of amides is 1. The summed E-state index contributed by atoms with van der Waals surface area (Å²) in [7, 11) is 6.17. The van der Waals surface area contributed by atoms with Crippen LogP contribution in [0.15, 0.2) is 42.5 Å². The lowest BCUT2D eigenvalue weighted by molar-refractivity contribution is -0.113. The zero-order valence-corrected chi connectivity index (χ0v) is 18.2. The van der Waals surface area contributed by atoms with Gasteiger partial charge in [0.2, 0.25) is 0 Å². The molecular weight excluding hydrogens is 417 g/mol. The van der Waals surface area contributed by atoms with Crippen LogP contribution in [0.4, 0.5) is 4.39 Å². The molecule has 0 fully saturated rings. The molecule has 1 aromatic heterocycles. The van der Waals surface area contributed by atoms with E-state index >= 15 is 0 Å². The molecule has 1 amide bonds. The van der Waals surface area contributed by atoms with Gasteiger partial charge in [-0.05, 0) is 42.5 Å². The molecule has 1 unspecified atom stereocenters. The first-order chi connectivity index (χ1) is 15.5. The molecule has 3 aromatic rings. The number of aromatic nitrogens is 2. The maximum atomic E-state index is 13.5. The fraction of sp³-hybridized carbons (Fsp3) is 0.304. The van der Waals surface area contributed by atoms with Crippen molar-refractivity contribution >= 4 is 5.91 Å². The molecule has 8 nitrogen and oxygen atoms in total. The number of aromatic amines is 1. The van der Waals surface area contributed by atoms with Crippen LogP contribution < -0.4 is 9.47 Å². The summed E-state index contributed by atoms with van der Waals surface area (Å²) >= 11 is 0. The predicted octanol–water partition coefficient (Wildman–Crippen LogP) is 3.40. The number of carbonyl (C=O) groups is 1. The van der Waals surface area contributed by atoms with Crippen molar-refractivity contribution in [3.8, 4) is 22.8 Å². The molecule has 2 aromatic carbocycles. The number of benzene rings is 2. The molecule has 1 aliphatic heterocycles. The van der Waals surface area contributed by atoms with Gasteiger partial charge in [0.05, 0.1) is 32.5 Å². The molecule has 0 aliphatic carbocycles. The van der Waals surface area contributed by atoms with Crippen LogP contribution in [0.3, 0.4) is 0 Å². The first-order valence-corrected chi connectivity index (χ1v) is 9.95. The summed E-state index contributed by atoms with van der Waals surface area (Å²) in [6, 6.07) is 10.8. The SMILES string of the molecule is COc1ccc(OC)c(C2c3c(-c4ccc(F)cc4)n[nH]c3C(=O)N2CC(OC)OC)c1. The summed E-state index contributed by atoms with van der Waals surface area (Å²) in [5.41, 5.74) is 2.97. The smallest absolute Gasteiger partial charge is 0.273 e. The minimum Gasteiger partial charge on any atom is -0.497 e. The van der Waals surface area contributed by atoms with Crippen molar-refractivity contribution < 1.29 is 28.1 Å². The van der Waals surface area contributed by atoms with Gasteiger partial charge in [0, 0.05) is 30.9 Å². The highest BCUT2D eigenvalue weighted by molar-refractivity contribution is 6.00. The van der Waals surface area contributed by atoms with E-state index in [1.165, 1.54) is 26.4 Å². The normalized spacial score (nSPS) is 15.4. The van der Waals surface area contributed by atoms with E-state index in [0.717, 1.165) is 5.56 Å². The molecule has 1 aliphatic rings. The van der Waals surface area contributed by atoms with E-state index in [2.05, 4.69) is 10.2 Å². The lowest BCUT2D eigenvalue weighted by Gasteiger charge is -2.30. The van der Waals surface area contributed by atoms with E-state index in [4.69, 9.17) is 18.9 Å². The lowest BCUT2D eigenvalue weighted by atomic mass is 9.95. The number of nitrogens with zero attached hydrogens (tertiary/aromatic N) is 2. The molecule has 32 heavy (non-hydrogen) atoms. The van der Waals surface area contributed by atoms with Crippen LogP contribution in [-0.4, -0.2) is 62.3 Å². The summed E-state index contributed by atoms with van der Waals surface area (Å²) in [4.78, 5) is 15.1. The van der Waals surface area contributed by atoms with Crippen LogP contribution in [0.2, 0.25) is 0 Å². The first-order valence-electron chi connectivity index (χ1n) is 9.95. The molecule has 0 spiro atoms. The predicted molar refractivity (Wildman–Crippen MR) is 114 cm³/mol. The summed E-state index contributed by atoms with van der Waals surface area (Å²) in [5.74, 6) is 0.588. The molecule has 1 atom stereocenters. The van der Waals surface area contributed by atoms with E-state index < -0.39 is 12.3 Å². The van der Waals surface area contributed by atoms with Gasteiger partial charge in [0.15, 0.2) is 6.29 Å². The summed E-state index contributed by atoms with van der Waals surface area (Å²) in [5, 5.41) is 7.25. The van der Waals surface area contributed by atoms with Crippen LogP contribution >= 0.6 is 0 Å². The maximum absolute atomic E-state index is 13.5. The number of ether oxygens (including phenoxy) is 4. The fourth-order valence-electron chi connectivity index (χ4n) is 4.00. The largest absolute Gasteiger partial charge is 0.497 e. The lowest BCUT2D eigenvalue weighted by Crippen LogP contribution is -2.38. The van der Waals surface area contributed by atoms with Crippen molar-refractivity contribution in [2.75, 3.05) is 35.0 Å². The third-order valence-corrected chi connectivity index (χ3v) is 5.58. The summed E-state index contributed by atoms with van der Waals surface area (Å²) in [6.07, 6.45) is -0.635. The Hall–Kier alpha value is -3.43. The van der Waals surface area contributed by atoms with Crippen LogP contribution in [-0.2, 0) is 9.47 Å². The molecule has 2 heterocycles. The molecular formula is C23H24FN3O5. The Kier molecular flexibility index (Phi) is 6.11. The van der Waals surface area contributed by atoms with E-state index in [-0.39, 0.29) is 18.3 Å². The fourth-order valence-corrected chi connectivity index (χ4v) is 4.00. The Morgan fingerprint density at radius 3 is 2.41 bits per heavy atom. The highest BCUT2D eigenvalue weighted by Gasteiger charge is 2.44. The Morgan fingerprint density at radius 2 is 1.78 bits per heavy atom. The van der Waals surface area contributed by atoms with Gasteiger partial charge in [-0.15, -0.1) is 0 Å². The summed E-state index contributed by atoms with van der Waals surface area (Å²) in [6.45, 7) is 0.169. The molecule has 0 radical (unpaired) electrons. The van der Waals surface area contributed by atoms with Crippen molar-refractivity contribution in [1.29, 1.82) is 0 Å². The standard InChI is InChI=1S/C23H24FN3O5/c1-29-15-9-10-17(30-2)16(11-15)22-19-20(13-5-7-14(24)8-6-13)25-26-21(19)23(28)27(22)12-18(31-3)32-4/h5-11,18,22H,12H2,1-4H3,(H,25,26). The number of carbonyl (C=O) groups excluding carboxylic acids is 1. The molecule has 0 saturated carbocycles. The van der Waals surface area contributed by atoms with Crippen LogP contribution in [0, 0.1) is 5.82 Å². The number of fused-ring (bicyclic) bond motifs is 1. The van der Waals surface area contributed by atoms with Gasteiger partial charge < -0.3 is 23.8 Å². The third kappa shape index (κ3) is 3.69. The topological polar surface area (TPSA) is 85.9 Å². The average molecular weight is 441 g/mol. The van der Waals surface area contributed by atoms with E-state index in [1.54, 1.807) is 43.4 Å². The second-order valence-corrected chi connectivity index (χ2v) is 7.24. The zero-order valence-electron chi connectivity index (χ0n) is 18.2. The Bertz CT molecular complexity index is 1110. The van der Waals surface area contributed by atoms with Gasteiger partial charge in [-0.1, -0.05) is 0 Å². The minimum absolute atomic E-state index is 0.169. The second-order valence-electron chi connectivity index (χ2n) is 7.24. The number of H-pyrrole nitrogens is 1. The number of hydrogen-bond donors (Lipinski definition) is 1. The number of nitrogens with one attached hydrogen (secondary N) is 1. The Balaban J connectivity index is 1.91. The third-order valence-electron chi connectivity index (χ3n) is 5.58. The molecule has 4 rings (SSSR count). The summed E-state index contributed by atoms with van der Waals surface area (Å²) < 4.78 is 35.3. The van der Waals surface area contributed by atoms with E-state index in [9.17, 15) is 9.18 Å². The number of halogens is 1. The minimum atomic E-state index is -0.635. The molecule has 0 bridgehead atoms. The van der Waals surface area contributed by atoms with E-state index in [1.807, 2.05) is 6.07 Å². The molecule has 168 valence electrons. The van der Waals surface area contributed by atoms with Gasteiger partial charge >= 0.3 is 0 Å². The van der Waals surface area contributed by atoms with Crippen molar-refractivity contribution in [2.45, 2.75) is 12.3 Å². The van der Waals surface area contributed by atoms with Crippen molar-refractivity contribution in [2.24, 2.45) is 0 Å². The number of hydrogen-bond acceptors (Lipinski definition) is 6. The maximum Gasteiger partial charge on any atom is 0.273 e. The monoisotopic (exact) mass is 441 g/mol. The van der Waals surface area contributed by atoms with Gasteiger partial charge in [0.25, 0.3) is 5.91 Å². The highest BCUT2D eigenvalue weighted by Crippen LogP contribution is 2.46. The number of methoxy groups -OCH3 is 4. The molecule has 1 N–H and O–H groups in total. The molecule has 9 heteroatoms. The van der Waals surface area contributed by atoms with Crippen LogP contribution in [0.25, 0.3) is 11.3 Å². The Labute approximate surface area is 184 Å². The molecule has 0 saturated heterocycles. The van der Waals surface area contributed by atoms with Crippen LogP contribution in [0.1, 0.15) is 27.7 Å². The van der Waals surface area contributed by atoms with Gasteiger partial charge in [-0.3, -0.25) is 9.89 Å². The van der Waals surface area contributed by atoms with Gasteiger partial charge in [0.1, 0.15) is 23.0 Å². The van der Waals surface area contributed by atoms with Gasteiger partial charge in [-0.2, -0.15) is 5.10 Å². The number of rotatable bonds is 8. The Morgan fingerprint density at radius 1 is 1.06 bits per heavy atom. The van der Waals surface area contributed by atoms with Crippen molar-refractivity contribution in [3.05, 3.63) is 65.1 Å². The van der Waals surface area contributed by atoms with Crippen molar-refractivity contribution in [1.82, 2.24) is 15.1 Å². The van der Waals surface area contributed by atoms with Crippen LogP contribution in [0.5, 0.6) is 11.5 Å². The van der Waals surface area contributed by atoms with Gasteiger partial charge in [-0.25, -0.2) is 4.39 Å². The highest BCUT2D eigenvalue weighted by atomic mass is 19.1. The van der Waals surface area contributed by atoms with Crippen molar-refractivity contribution in [3.63, 3.8) is 0 Å². The van der Waals surface area contributed by atoms with E-state index in [0.29, 0.717) is 34.0 Å². The second kappa shape index (κ2) is 8.97.